The number of alkyl halides is 1. The first-order chi connectivity index (χ1) is 8.58. The second-order valence-corrected chi connectivity index (χ2v) is 4.69. The summed E-state index contributed by atoms with van der Waals surface area (Å²) in [4.78, 5) is 13.9. The van der Waals surface area contributed by atoms with Gasteiger partial charge in [0, 0.05) is 24.8 Å². The molecule has 18 heavy (non-hydrogen) atoms. The fourth-order valence-electron chi connectivity index (χ4n) is 1.67. The minimum Gasteiger partial charge on any atom is -0.488 e. The lowest BCUT2D eigenvalue weighted by molar-refractivity contribution is 0.277. The number of nitrogens with zero attached hydrogens (tertiary/aromatic N) is 2. The van der Waals surface area contributed by atoms with Crippen molar-refractivity contribution in [1.29, 1.82) is 0 Å². The zero-order chi connectivity index (χ0) is 13.5. The van der Waals surface area contributed by atoms with Crippen molar-refractivity contribution in [3.05, 3.63) is 28.2 Å². The van der Waals surface area contributed by atoms with Crippen LogP contribution in [0.15, 0.2) is 17.1 Å². The highest BCUT2D eigenvalue weighted by molar-refractivity contribution is 6.16. The Morgan fingerprint density at radius 1 is 1.44 bits per heavy atom. The number of hydrogen-bond donors (Lipinski definition) is 0. The summed E-state index contributed by atoms with van der Waals surface area (Å²) in [6.07, 6.45) is 2.64. The molecule has 1 rings (SSSR count). The molecule has 0 aliphatic heterocycles. The van der Waals surface area contributed by atoms with E-state index in [0.717, 1.165) is 25.2 Å². The molecule has 102 valence electrons. The highest BCUT2D eigenvalue weighted by Gasteiger charge is 2.06. The molecule has 0 N–H and O–H groups in total. The van der Waals surface area contributed by atoms with Crippen LogP contribution in [0.4, 0.5) is 0 Å². The molecule has 0 atom stereocenters. The van der Waals surface area contributed by atoms with Gasteiger partial charge in [0.05, 0.1) is 18.7 Å². The molecule has 0 radical (unpaired) electrons. The van der Waals surface area contributed by atoms with Crippen LogP contribution in [-0.2, 0) is 12.4 Å². The Hall–Kier alpha value is -1.00. The van der Waals surface area contributed by atoms with Crippen LogP contribution in [0.3, 0.4) is 0 Å². The molecule has 4 nitrogen and oxygen atoms in total. The Morgan fingerprint density at radius 2 is 2.17 bits per heavy atom. The van der Waals surface area contributed by atoms with E-state index in [2.05, 4.69) is 4.90 Å². The molecule has 5 heteroatoms. The van der Waals surface area contributed by atoms with Crippen LogP contribution in [0.5, 0.6) is 5.75 Å². The SMILES string of the molecule is CCn1cc(OCCCN(C)C)c(=O)cc1CCl. The monoisotopic (exact) mass is 272 g/mol. The molecule has 0 saturated carbocycles. The molecule has 1 aromatic heterocycles. The Balaban J connectivity index is 2.68. The Morgan fingerprint density at radius 3 is 2.72 bits per heavy atom. The van der Waals surface area contributed by atoms with Gasteiger partial charge in [-0.2, -0.15) is 0 Å². The fourth-order valence-corrected chi connectivity index (χ4v) is 1.91. The van der Waals surface area contributed by atoms with Gasteiger partial charge in [-0.25, -0.2) is 0 Å². The van der Waals surface area contributed by atoms with E-state index < -0.39 is 0 Å². The molecular weight excluding hydrogens is 252 g/mol. The van der Waals surface area contributed by atoms with E-state index in [1.165, 1.54) is 0 Å². The van der Waals surface area contributed by atoms with Crippen molar-refractivity contribution in [3.8, 4) is 5.75 Å². The topological polar surface area (TPSA) is 34.5 Å². The normalized spacial score (nSPS) is 10.9. The standard InChI is InChI=1S/C13H21ClN2O2/c1-4-16-10-13(12(17)8-11(16)9-14)18-7-5-6-15(2)3/h8,10H,4-7,9H2,1-3H3. The number of aryl methyl sites for hydroxylation is 1. The van der Waals surface area contributed by atoms with E-state index in [1.807, 2.05) is 25.6 Å². The van der Waals surface area contributed by atoms with Gasteiger partial charge < -0.3 is 14.2 Å². The van der Waals surface area contributed by atoms with E-state index >= 15 is 0 Å². The first kappa shape index (κ1) is 15.1. The van der Waals surface area contributed by atoms with Gasteiger partial charge in [0.25, 0.3) is 0 Å². The smallest absolute Gasteiger partial charge is 0.223 e. The maximum Gasteiger partial charge on any atom is 0.223 e. The van der Waals surface area contributed by atoms with Crippen LogP contribution in [-0.4, -0.2) is 36.7 Å². The van der Waals surface area contributed by atoms with Crippen molar-refractivity contribution in [1.82, 2.24) is 9.47 Å². The Bertz CT molecular complexity index is 429. The highest BCUT2D eigenvalue weighted by Crippen LogP contribution is 2.09. The molecule has 0 fully saturated rings. The van der Waals surface area contributed by atoms with Crippen molar-refractivity contribution >= 4 is 11.6 Å². The summed E-state index contributed by atoms with van der Waals surface area (Å²) >= 11 is 5.79. The largest absolute Gasteiger partial charge is 0.488 e. The predicted molar refractivity (Wildman–Crippen MR) is 74.6 cm³/mol. The molecule has 0 bridgehead atoms. The third-order valence-electron chi connectivity index (χ3n) is 2.67. The molecule has 1 aromatic rings. The van der Waals surface area contributed by atoms with Crippen molar-refractivity contribution in [2.24, 2.45) is 0 Å². The number of ether oxygens (including phenoxy) is 1. The average molecular weight is 273 g/mol. The summed E-state index contributed by atoms with van der Waals surface area (Å²) in [5.41, 5.74) is 0.727. The predicted octanol–water partition coefficient (Wildman–Crippen LogP) is 1.94. The Kier molecular flexibility index (Phi) is 6.22. The second kappa shape index (κ2) is 7.44. The third-order valence-corrected chi connectivity index (χ3v) is 2.94. The van der Waals surface area contributed by atoms with Gasteiger partial charge in [0.15, 0.2) is 5.75 Å². The van der Waals surface area contributed by atoms with E-state index in [1.54, 1.807) is 12.3 Å². The van der Waals surface area contributed by atoms with E-state index in [-0.39, 0.29) is 5.43 Å². The number of rotatable bonds is 7. The molecule has 1 heterocycles. The van der Waals surface area contributed by atoms with Crippen LogP contribution < -0.4 is 10.2 Å². The summed E-state index contributed by atoms with van der Waals surface area (Å²) in [6, 6.07) is 1.55. The maximum absolute atomic E-state index is 11.8. The average Bonchev–Trinajstić information content (AvgIpc) is 2.35. The molecule has 0 aliphatic rings. The van der Waals surface area contributed by atoms with Gasteiger partial charge in [-0.15, -0.1) is 11.6 Å². The van der Waals surface area contributed by atoms with E-state index in [9.17, 15) is 4.79 Å². The molecule has 0 saturated heterocycles. The highest BCUT2D eigenvalue weighted by atomic mass is 35.5. The summed E-state index contributed by atoms with van der Waals surface area (Å²) < 4.78 is 7.47. The maximum atomic E-state index is 11.8. The quantitative estimate of drug-likeness (QED) is 0.562. The molecular formula is C13H21ClN2O2. The summed E-state index contributed by atoms with van der Waals surface area (Å²) in [6.45, 7) is 4.28. The lowest BCUT2D eigenvalue weighted by Crippen LogP contribution is -2.18. The second-order valence-electron chi connectivity index (χ2n) is 4.42. The molecule has 0 aliphatic carbocycles. The zero-order valence-electron chi connectivity index (χ0n) is 11.3. The molecule has 0 spiro atoms. The minimum atomic E-state index is -0.0970. The van der Waals surface area contributed by atoms with Crippen LogP contribution in [0.2, 0.25) is 0 Å². The summed E-state index contributed by atoms with van der Waals surface area (Å²) in [5.74, 6) is 0.744. The van der Waals surface area contributed by atoms with Crippen LogP contribution >= 0.6 is 11.6 Å². The summed E-state index contributed by atoms with van der Waals surface area (Å²) in [7, 11) is 4.03. The van der Waals surface area contributed by atoms with E-state index in [4.69, 9.17) is 16.3 Å². The van der Waals surface area contributed by atoms with Crippen molar-refractivity contribution < 1.29 is 4.74 Å². The van der Waals surface area contributed by atoms with Gasteiger partial charge in [0.2, 0.25) is 5.43 Å². The van der Waals surface area contributed by atoms with E-state index in [0.29, 0.717) is 18.2 Å². The van der Waals surface area contributed by atoms with Gasteiger partial charge >= 0.3 is 0 Å². The van der Waals surface area contributed by atoms with Crippen LogP contribution in [0, 0.1) is 0 Å². The molecule has 0 amide bonds. The van der Waals surface area contributed by atoms with Gasteiger partial charge in [-0.1, -0.05) is 0 Å². The third kappa shape index (κ3) is 4.35. The fraction of sp³-hybridized carbons (Fsp3) is 0.615. The lowest BCUT2D eigenvalue weighted by Gasteiger charge is -2.13. The number of halogens is 1. The van der Waals surface area contributed by atoms with Gasteiger partial charge in [-0.3, -0.25) is 4.79 Å². The Labute approximate surface area is 113 Å². The zero-order valence-corrected chi connectivity index (χ0v) is 12.0. The first-order valence-electron chi connectivity index (χ1n) is 6.15. The van der Waals surface area contributed by atoms with Gasteiger partial charge in [-0.05, 0) is 27.4 Å². The minimum absolute atomic E-state index is 0.0970. The number of aromatic nitrogens is 1. The molecule has 0 aromatic carbocycles. The van der Waals surface area contributed by atoms with Crippen LogP contribution in [0.1, 0.15) is 19.0 Å². The number of hydrogen-bond acceptors (Lipinski definition) is 3. The lowest BCUT2D eigenvalue weighted by atomic mass is 10.3. The van der Waals surface area contributed by atoms with Crippen molar-refractivity contribution in [3.63, 3.8) is 0 Å². The number of pyridine rings is 1. The van der Waals surface area contributed by atoms with Gasteiger partial charge in [0.1, 0.15) is 0 Å². The summed E-state index contributed by atoms with van der Waals surface area (Å²) in [5, 5.41) is 0. The van der Waals surface area contributed by atoms with Crippen LogP contribution in [0.25, 0.3) is 0 Å². The first-order valence-corrected chi connectivity index (χ1v) is 6.68. The van der Waals surface area contributed by atoms with Crippen molar-refractivity contribution in [2.45, 2.75) is 25.8 Å². The molecule has 0 unspecified atom stereocenters. The van der Waals surface area contributed by atoms with Crippen molar-refractivity contribution in [2.75, 3.05) is 27.2 Å².